The molecule has 1 aliphatic carbocycles. The first-order chi connectivity index (χ1) is 19.4. The number of alkyl halides is 3. The number of nitrogens with one attached hydrogen (secondary N) is 2. The Bertz CT molecular complexity index is 1660. The van der Waals surface area contributed by atoms with Crippen molar-refractivity contribution in [3.8, 4) is 17.1 Å². The van der Waals surface area contributed by atoms with Gasteiger partial charge < -0.3 is 19.6 Å². The van der Waals surface area contributed by atoms with Crippen LogP contribution in [0.25, 0.3) is 33.5 Å². The molecule has 0 bridgehead atoms. The van der Waals surface area contributed by atoms with E-state index in [1.54, 1.807) is 18.2 Å². The van der Waals surface area contributed by atoms with Gasteiger partial charge in [-0.25, -0.2) is 9.97 Å². The molecule has 2 N–H and O–H groups in total. The Labute approximate surface area is 233 Å². The van der Waals surface area contributed by atoms with Gasteiger partial charge in [-0.05, 0) is 55.5 Å². The zero-order valence-corrected chi connectivity index (χ0v) is 22.7. The summed E-state index contributed by atoms with van der Waals surface area (Å²) in [6.07, 6.45) is 0.308. The number of hydrogen-bond donors (Lipinski definition) is 2. The normalized spacial score (nSPS) is 16.6. The van der Waals surface area contributed by atoms with Crippen LogP contribution in [0.4, 0.5) is 18.9 Å². The molecular weight excluding hydrogens is 537 g/mol. The number of benzene rings is 2. The van der Waals surface area contributed by atoms with Gasteiger partial charge in [0.15, 0.2) is 0 Å². The molecule has 4 heterocycles. The maximum atomic E-state index is 13.1. The summed E-state index contributed by atoms with van der Waals surface area (Å²) in [6.45, 7) is 4.50. The van der Waals surface area contributed by atoms with Crippen molar-refractivity contribution in [1.29, 1.82) is 0 Å². The largest absolute Gasteiger partial charge is 0.490 e. The van der Waals surface area contributed by atoms with Gasteiger partial charge in [-0.1, -0.05) is 12.1 Å². The van der Waals surface area contributed by atoms with Gasteiger partial charge in [-0.2, -0.15) is 13.2 Å². The maximum Gasteiger partial charge on any atom is 0.449 e. The zero-order chi connectivity index (χ0) is 27.3. The number of piperazine rings is 1. The number of aryl methyl sites for hydroxylation is 1. The van der Waals surface area contributed by atoms with E-state index in [4.69, 9.17) is 9.72 Å². The number of anilines is 1. The van der Waals surface area contributed by atoms with Gasteiger partial charge in [-0.15, -0.1) is 11.3 Å². The highest BCUT2D eigenvalue weighted by atomic mass is 32.1. The molecule has 1 saturated heterocycles. The minimum atomic E-state index is -4.53. The molecule has 1 aliphatic heterocycles. The summed E-state index contributed by atoms with van der Waals surface area (Å²) < 4.78 is 45.1. The number of ether oxygens (including phenoxy) is 1. The summed E-state index contributed by atoms with van der Waals surface area (Å²) in [5.74, 6) is 0.311. The van der Waals surface area contributed by atoms with E-state index in [2.05, 4.69) is 48.3 Å². The summed E-state index contributed by atoms with van der Waals surface area (Å²) in [6, 6.07) is 11.2. The van der Waals surface area contributed by atoms with Crippen molar-refractivity contribution in [1.82, 2.24) is 24.8 Å². The van der Waals surface area contributed by atoms with E-state index >= 15 is 0 Å². The molecule has 2 aliphatic rings. The second-order valence-corrected chi connectivity index (χ2v) is 11.4. The predicted molar refractivity (Wildman–Crippen MR) is 151 cm³/mol. The topological polar surface area (TPSA) is 73.1 Å². The fraction of sp³-hybridized carbons (Fsp3) is 0.379. The van der Waals surface area contributed by atoms with E-state index in [-0.39, 0.29) is 5.52 Å². The molecule has 7 nitrogen and oxygen atoms in total. The average Bonchev–Trinajstić information content (AvgIpc) is 3.69. The summed E-state index contributed by atoms with van der Waals surface area (Å²) in [5, 5.41) is 2.26. The molecule has 7 rings (SSSR count). The first kappa shape index (κ1) is 25.4. The monoisotopic (exact) mass is 566 g/mol. The zero-order valence-electron chi connectivity index (χ0n) is 21.9. The fourth-order valence-electron chi connectivity index (χ4n) is 5.85. The summed E-state index contributed by atoms with van der Waals surface area (Å²) in [4.78, 5) is 20.9. The lowest BCUT2D eigenvalue weighted by Gasteiger charge is -2.36. The number of thiophene rings is 1. The van der Waals surface area contributed by atoms with Gasteiger partial charge in [0, 0.05) is 48.5 Å². The molecule has 0 radical (unpaired) electrons. The molecular formula is C29H29F3N6OS. The van der Waals surface area contributed by atoms with Gasteiger partial charge in [0.2, 0.25) is 5.82 Å². The van der Waals surface area contributed by atoms with Crippen LogP contribution in [-0.4, -0.2) is 64.2 Å². The summed E-state index contributed by atoms with van der Waals surface area (Å²) >= 11 is 1.86. The molecule has 0 unspecified atom stereocenters. The quantitative estimate of drug-likeness (QED) is 0.254. The Morgan fingerprint density at radius 2 is 1.68 bits per heavy atom. The predicted octanol–water partition coefficient (Wildman–Crippen LogP) is 6.27. The fourth-order valence-corrected chi connectivity index (χ4v) is 6.98. The van der Waals surface area contributed by atoms with Gasteiger partial charge in [0.25, 0.3) is 0 Å². The van der Waals surface area contributed by atoms with Crippen molar-refractivity contribution in [2.75, 3.05) is 44.2 Å². The van der Waals surface area contributed by atoms with E-state index in [9.17, 15) is 13.2 Å². The molecule has 0 saturated carbocycles. The summed E-state index contributed by atoms with van der Waals surface area (Å²) in [5.41, 5.74) is 6.45. The van der Waals surface area contributed by atoms with E-state index in [0.717, 1.165) is 55.1 Å². The number of aromatic amines is 2. The van der Waals surface area contributed by atoms with Crippen LogP contribution in [0, 0.1) is 0 Å². The lowest BCUT2D eigenvalue weighted by Crippen LogP contribution is -2.47. The molecule has 0 atom stereocenters. The van der Waals surface area contributed by atoms with Crippen LogP contribution in [-0.2, 0) is 19.0 Å². The van der Waals surface area contributed by atoms with Crippen molar-refractivity contribution >= 4 is 39.1 Å². The smallest absolute Gasteiger partial charge is 0.449 e. The van der Waals surface area contributed by atoms with E-state index in [0.29, 0.717) is 24.4 Å². The van der Waals surface area contributed by atoms with Crippen LogP contribution in [0.15, 0.2) is 41.8 Å². The van der Waals surface area contributed by atoms with Crippen LogP contribution in [0.2, 0.25) is 0 Å². The third kappa shape index (κ3) is 4.71. The number of H-pyrrole nitrogens is 2. The van der Waals surface area contributed by atoms with Gasteiger partial charge >= 0.3 is 6.18 Å². The van der Waals surface area contributed by atoms with Crippen molar-refractivity contribution in [3.63, 3.8) is 0 Å². The van der Waals surface area contributed by atoms with Gasteiger partial charge in [0.1, 0.15) is 29.2 Å². The van der Waals surface area contributed by atoms with Crippen LogP contribution in [0.3, 0.4) is 0 Å². The molecule has 3 aromatic heterocycles. The molecule has 208 valence electrons. The van der Waals surface area contributed by atoms with Gasteiger partial charge in [-0.3, -0.25) is 4.90 Å². The number of imidazole rings is 2. The maximum absolute atomic E-state index is 13.1. The third-order valence-electron chi connectivity index (χ3n) is 7.93. The van der Waals surface area contributed by atoms with Crippen molar-refractivity contribution < 1.29 is 17.9 Å². The highest BCUT2D eigenvalue weighted by Crippen LogP contribution is 2.37. The van der Waals surface area contributed by atoms with E-state index < -0.39 is 12.0 Å². The second kappa shape index (κ2) is 10.1. The molecule has 2 aromatic carbocycles. The van der Waals surface area contributed by atoms with Crippen LogP contribution < -0.4 is 9.64 Å². The second-order valence-electron chi connectivity index (χ2n) is 10.4. The third-order valence-corrected chi connectivity index (χ3v) is 9.02. The minimum Gasteiger partial charge on any atom is -0.490 e. The average molecular weight is 567 g/mol. The van der Waals surface area contributed by atoms with Crippen molar-refractivity contribution in [2.24, 2.45) is 0 Å². The molecule has 0 spiro atoms. The SMILES string of the molecule is FC(F)(F)c1nc2c(OCCN3CCN(c4cccc5[nH]c(-c6csc7c6CCCC7)nc45)CC3)cccc2[nH]1. The van der Waals surface area contributed by atoms with Crippen LogP contribution in [0.1, 0.15) is 29.1 Å². The molecule has 11 heteroatoms. The van der Waals surface area contributed by atoms with E-state index in [1.165, 1.54) is 35.3 Å². The Kier molecular flexibility index (Phi) is 6.42. The highest BCUT2D eigenvalue weighted by Gasteiger charge is 2.35. The summed E-state index contributed by atoms with van der Waals surface area (Å²) in [7, 11) is 0. The van der Waals surface area contributed by atoms with Crippen molar-refractivity contribution in [3.05, 3.63) is 58.0 Å². The minimum absolute atomic E-state index is 0.203. The Hall–Kier alpha value is -3.57. The first-order valence-electron chi connectivity index (χ1n) is 13.7. The number of hydrogen-bond acceptors (Lipinski definition) is 6. The standard InChI is InChI=1S/C29H29F3N6OS/c30-29(31,32)28-34-21-7-4-9-23(26(21)36-28)39-16-15-37-11-13-38(14-12-37)22-8-3-6-20-25(22)35-27(33-20)19-17-40-24-10-2-1-5-18(19)24/h3-4,6-9,17H,1-2,5,10-16H2,(H,33,35)(H,34,36). The molecule has 40 heavy (non-hydrogen) atoms. The van der Waals surface area contributed by atoms with Crippen LogP contribution >= 0.6 is 11.3 Å². The first-order valence-corrected chi connectivity index (χ1v) is 14.6. The Morgan fingerprint density at radius 1 is 0.900 bits per heavy atom. The van der Waals surface area contributed by atoms with Crippen LogP contribution in [0.5, 0.6) is 5.75 Å². The highest BCUT2D eigenvalue weighted by molar-refractivity contribution is 7.10. The van der Waals surface area contributed by atoms with Gasteiger partial charge in [0.05, 0.1) is 16.7 Å². The lowest BCUT2D eigenvalue weighted by molar-refractivity contribution is -0.144. The Morgan fingerprint density at radius 3 is 2.50 bits per heavy atom. The lowest BCUT2D eigenvalue weighted by atomic mass is 9.96. The van der Waals surface area contributed by atoms with E-state index in [1.807, 2.05) is 11.3 Å². The molecule has 5 aromatic rings. The number of para-hydroxylation sites is 2. The molecule has 1 fully saturated rings. The number of nitrogens with zero attached hydrogens (tertiary/aromatic N) is 4. The number of fused-ring (bicyclic) bond motifs is 3. The number of rotatable bonds is 6. The number of halogens is 3. The van der Waals surface area contributed by atoms with Crippen molar-refractivity contribution in [2.45, 2.75) is 31.9 Å². The Balaban J connectivity index is 0.998. The molecule has 0 amide bonds. The number of aromatic nitrogens is 4.